The van der Waals surface area contributed by atoms with Gasteiger partial charge in [0.05, 0.1) is 24.6 Å². The molecule has 1 fully saturated rings. The fourth-order valence-corrected chi connectivity index (χ4v) is 1.40. The summed E-state index contributed by atoms with van der Waals surface area (Å²) in [6.45, 7) is 0.541. The van der Waals surface area contributed by atoms with Crippen molar-refractivity contribution in [3.63, 3.8) is 0 Å². The Morgan fingerprint density at radius 3 is 2.21 bits per heavy atom. The molecule has 1 aromatic rings. The second kappa shape index (κ2) is 3.47. The van der Waals surface area contributed by atoms with Gasteiger partial charge < -0.3 is 15.1 Å². The minimum Gasteiger partial charge on any atom is -0.388 e. The lowest BCUT2D eigenvalue weighted by atomic mass is 10.3. The second-order valence-electron chi connectivity index (χ2n) is 3.24. The minimum atomic E-state index is -0.788. The average Bonchev–Trinajstić information content (AvgIpc) is 2.48. The third-order valence-electron chi connectivity index (χ3n) is 2.15. The Morgan fingerprint density at radius 2 is 1.71 bits per heavy atom. The van der Waals surface area contributed by atoms with Gasteiger partial charge in [-0.15, -0.1) is 0 Å². The van der Waals surface area contributed by atoms with E-state index in [0.29, 0.717) is 5.95 Å². The molecule has 5 nitrogen and oxygen atoms in total. The van der Waals surface area contributed by atoms with Gasteiger partial charge in [-0.3, -0.25) is 0 Å². The molecule has 1 saturated heterocycles. The van der Waals surface area contributed by atoms with Crippen molar-refractivity contribution in [1.82, 2.24) is 9.97 Å². The van der Waals surface area contributed by atoms with Crippen LogP contribution in [0.15, 0.2) is 12.4 Å². The van der Waals surface area contributed by atoms with Crippen molar-refractivity contribution in [3.8, 4) is 0 Å². The van der Waals surface area contributed by atoms with Gasteiger partial charge in [0.1, 0.15) is 0 Å². The van der Waals surface area contributed by atoms with Crippen molar-refractivity contribution in [3.05, 3.63) is 18.2 Å². The van der Waals surface area contributed by atoms with Crippen LogP contribution >= 0.6 is 0 Å². The molecule has 14 heavy (non-hydrogen) atoms. The van der Waals surface area contributed by atoms with Gasteiger partial charge in [0.2, 0.25) is 5.95 Å². The second-order valence-corrected chi connectivity index (χ2v) is 3.24. The van der Waals surface area contributed by atoms with E-state index >= 15 is 0 Å². The molecule has 0 bridgehead atoms. The Morgan fingerprint density at radius 1 is 1.21 bits per heavy atom. The van der Waals surface area contributed by atoms with Gasteiger partial charge in [-0.1, -0.05) is 0 Å². The Balaban J connectivity index is 2.13. The van der Waals surface area contributed by atoms with Crippen LogP contribution in [0.5, 0.6) is 0 Å². The van der Waals surface area contributed by atoms with Crippen molar-refractivity contribution in [1.29, 1.82) is 0 Å². The van der Waals surface area contributed by atoms with Crippen molar-refractivity contribution >= 4 is 5.95 Å². The number of nitrogens with zero attached hydrogens (tertiary/aromatic N) is 3. The van der Waals surface area contributed by atoms with E-state index in [0.717, 1.165) is 12.4 Å². The van der Waals surface area contributed by atoms with Crippen LogP contribution in [0.1, 0.15) is 0 Å². The van der Waals surface area contributed by atoms with Crippen LogP contribution in [0.25, 0.3) is 0 Å². The molecule has 2 N–H and O–H groups in total. The minimum absolute atomic E-state index is 0.271. The lowest BCUT2D eigenvalue weighted by Crippen LogP contribution is -2.23. The van der Waals surface area contributed by atoms with E-state index in [1.54, 1.807) is 4.90 Å². The number of aromatic nitrogens is 2. The Kier molecular flexibility index (Phi) is 2.30. The number of aliphatic hydroxyl groups excluding tert-OH is 2. The smallest absolute Gasteiger partial charge is 0.225 e. The van der Waals surface area contributed by atoms with E-state index < -0.39 is 18.0 Å². The molecule has 0 amide bonds. The first-order valence-corrected chi connectivity index (χ1v) is 4.25. The van der Waals surface area contributed by atoms with Crippen LogP contribution in [-0.2, 0) is 0 Å². The van der Waals surface area contributed by atoms with E-state index in [2.05, 4.69) is 9.97 Å². The SMILES string of the molecule is OC1CN(c2ncc(F)cn2)CC1O. The maximum absolute atomic E-state index is 12.5. The molecular weight excluding hydrogens is 189 g/mol. The van der Waals surface area contributed by atoms with Crippen LogP contribution in [0, 0.1) is 5.82 Å². The molecule has 2 atom stereocenters. The van der Waals surface area contributed by atoms with Gasteiger partial charge in [0.25, 0.3) is 0 Å². The van der Waals surface area contributed by atoms with Crippen LogP contribution < -0.4 is 4.90 Å². The first-order valence-electron chi connectivity index (χ1n) is 4.25. The molecule has 0 aliphatic carbocycles. The number of β-amino-alcohol motifs (C(OH)–C–C–N with tert-alkyl or cyclic N) is 2. The van der Waals surface area contributed by atoms with Gasteiger partial charge in [-0.05, 0) is 0 Å². The zero-order valence-corrected chi connectivity index (χ0v) is 7.34. The maximum atomic E-state index is 12.5. The summed E-state index contributed by atoms with van der Waals surface area (Å²) in [7, 11) is 0. The number of aliphatic hydroxyl groups is 2. The number of rotatable bonds is 1. The molecule has 0 aromatic carbocycles. The van der Waals surface area contributed by atoms with Gasteiger partial charge in [0.15, 0.2) is 5.82 Å². The van der Waals surface area contributed by atoms with Gasteiger partial charge in [-0.2, -0.15) is 0 Å². The number of hydrogen-bond donors (Lipinski definition) is 2. The molecular formula is C8H10FN3O2. The Bertz CT molecular complexity index is 309. The summed E-state index contributed by atoms with van der Waals surface area (Å²) in [5.41, 5.74) is 0. The van der Waals surface area contributed by atoms with Crippen LogP contribution in [0.2, 0.25) is 0 Å². The fraction of sp³-hybridized carbons (Fsp3) is 0.500. The van der Waals surface area contributed by atoms with E-state index in [1.165, 1.54) is 0 Å². The molecule has 2 unspecified atom stereocenters. The predicted octanol–water partition coefficient (Wildman–Crippen LogP) is -0.843. The van der Waals surface area contributed by atoms with Crippen LogP contribution in [0.4, 0.5) is 10.3 Å². The quantitative estimate of drug-likeness (QED) is 0.617. The third kappa shape index (κ3) is 1.66. The summed E-state index contributed by atoms with van der Waals surface area (Å²) in [6, 6.07) is 0. The topological polar surface area (TPSA) is 69.5 Å². The Labute approximate surface area is 79.8 Å². The summed E-state index contributed by atoms with van der Waals surface area (Å²) in [6.07, 6.45) is 0.533. The highest BCUT2D eigenvalue weighted by Crippen LogP contribution is 2.15. The summed E-state index contributed by atoms with van der Waals surface area (Å²) in [4.78, 5) is 9.10. The average molecular weight is 199 g/mol. The zero-order chi connectivity index (χ0) is 10.1. The monoisotopic (exact) mass is 199 g/mol. The molecule has 6 heteroatoms. The van der Waals surface area contributed by atoms with E-state index in [-0.39, 0.29) is 13.1 Å². The lowest BCUT2D eigenvalue weighted by Gasteiger charge is -2.13. The molecule has 1 aliphatic rings. The molecule has 0 saturated carbocycles. The van der Waals surface area contributed by atoms with Gasteiger partial charge in [-0.25, -0.2) is 14.4 Å². The third-order valence-corrected chi connectivity index (χ3v) is 2.15. The molecule has 1 aliphatic heterocycles. The standard InChI is InChI=1S/C8H10FN3O2/c9-5-1-10-8(11-2-5)12-3-6(13)7(14)4-12/h1-2,6-7,13-14H,3-4H2. The highest BCUT2D eigenvalue weighted by atomic mass is 19.1. The normalized spacial score (nSPS) is 26.9. The lowest BCUT2D eigenvalue weighted by molar-refractivity contribution is 0.0572. The molecule has 1 aromatic heterocycles. The van der Waals surface area contributed by atoms with E-state index in [1.807, 2.05) is 0 Å². The molecule has 0 radical (unpaired) electrons. The molecule has 2 heterocycles. The van der Waals surface area contributed by atoms with Gasteiger partial charge >= 0.3 is 0 Å². The summed E-state index contributed by atoms with van der Waals surface area (Å²) < 4.78 is 12.5. The number of anilines is 1. The van der Waals surface area contributed by atoms with Crippen molar-refractivity contribution in [2.24, 2.45) is 0 Å². The van der Waals surface area contributed by atoms with E-state index in [4.69, 9.17) is 0 Å². The van der Waals surface area contributed by atoms with Crippen molar-refractivity contribution in [2.75, 3.05) is 18.0 Å². The van der Waals surface area contributed by atoms with Gasteiger partial charge in [0, 0.05) is 13.1 Å². The fourth-order valence-electron chi connectivity index (χ4n) is 1.40. The number of hydrogen-bond acceptors (Lipinski definition) is 5. The van der Waals surface area contributed by atoms with Crippen LogP contribution in [-0.4, -0.2) is 45.5 Å². The number of halogens is 1. The molecule has 76 valence electrons. The van der Waals surface area contributed by atoms with Crippen molar-refractivity contribution in [2.45, 2.75) is 12.2 Å². The summed E-state index contributed by atoms with van der Waals surface area (Å²) in [5.74, 6) is -0.184. The van der Waals surface area contributed by atoms with Crippen molar-refractivity contribution < 1.29 is 14.6 Å². The first-order chi connectivity index (χ1) is 6.66. The molecule has 0 spiro atoms. The maximum Gasteiger partial charge on any atom is 0.225 e. The highest BCUT2D eigenvalue weighted by Gasteiger charge is 2.30. The largest absolute Gasteiger partial charge is 0.388 e. The zero-order valence-electron chi connectivity index (χ0n) is 7.34. The van der Waals surface area contributed by atoms with Crippen LogP contribution in [0.3, 0.4) is 0 Å². The summed E-state index contributed by atoms with van der Waals surface area (Å²) in [5, 5.41) is 18.5. The predicted molar refractivity (Wildman–Crippen MR) is 46.2 cm³/mol. The highest BCUT2D eigenvalue weighted by molar-refractivity contribution is 5.31. The first kappa shape index (κ1) is 9.29. The van der Waals surface area contributed by atoms with E-state index in [9.17, 15) is 14.6 Å². The Hall–Kier alpha value is -1.27. The summed E-state index contributed by atoms with van der Waals surface area (Å²) >= 11 is 0. The molecule has 2 rings (SSSR count).